The van der Waals surface area contributed by atoms with Crippen molar-refractivity contribution >= 4 is 16.9 Å². The first-order chi connectivity index (χ1) is 17.5. The normalized spacial score (nSPS) is 15.6. The van der Waals surface area contributed by atoms with E-state index in [0.717, 1.165) is 23.9 Å². The number of imidazole rings is 1. The maximum Gasteiger partial charge on any atom is 0.334 e. The average Bonchev–Trinajstić information content (AvgIpc) is 3.20. The van der Waals surface area contributed by atoms with Crippen molar-refractivity contribution in [1.82, 2.24) is 19.0 Å². The minimum Gasteiger partial charge on any atom is -0.493 e. The van der Waals surface area contributed by atoms with E-state index >= 15 is 0 Å². The van der Waals surface area contributed by atoms with E-state index in [9.17, 15) is 9.59 Å². The Morgan fingerprint density at radius 3 is 2.69 bits per heavy atom. The van der Waals surface area contributed by atoms with Crippen molar-refractivity contribution in [2.45, 2.75) is 25.8 Å². The van der Waals surface area contributed by atoms with Crippen molar-refractivity contribution in [3.05, 3.63) is 89.6 Å². The van der Waals surface area contributed by atoms with Gasteiger partial charge in [0.2, 0.25) is 5.91 Å². The van der Waals surface area contributed by atoms with Gasteiger partial charge < -0.3 is 14.4 Å². The van der Waals surface area contributed by atoms with Crippen molar-refractivity contribution < 1.29 is 14.3 Å². The van der Waals surface area contributed by atoms with E-state index in [4.69, 9.17) is 9.47 Å². The van der Waals surface area contributed by atoms with Crippen LogP contribution in [0.5, 0.6) is 17.2 Å². The molecule has 5 rings (SSSR count). The van der Waals surface area contributed by atoms with Crippen LogP contribution in [-0.2, 0) is 4.79 Å². The molecule has 4 aromatic rings. The molecular formula is C28H28N4O4. The molecule has 8 nitrogen and oxygen atoms in total. The second kappa shape index (κ2) is 9.73. The minimum atomic E-state index is -0.162. The third-order valence-electron chi connectivity index (χ3n) is 6.63. The molecule has 0 radical (unpaired) electrons. The lowest BCUT2D eigenvalue weighted by Gasteiger charge is -2.32. The van der Waals surface area contributed by atoms with E-state index in [1.807, 2.05) is 55.5 Å². The Bertz CT molecular complexity index is 1490. The number of pyridine rings is 1. The number of hydrogen-bond acceptors (Lipinski definition) is 5. The second-order valence-electron chi connectivity index (χ2n) is 8.84. The third-order valence-corrected chi connectivity index (χ3v) is 6.63. The molecule has 184 valence electrons. The lowest BCUT2D eigenvalue weighted by molar-refractivity contribution is -0.127. The zero-order valence-corrected chi connectivity index (χ0v) is 20.4. The Morgan fingerprint density at radius 1 is 1.14 bits per heavy atom. The molecule has 1 amide bonds. The number of ether oxygens (including phenoxy) is 2. The molecule has 0 bridgehead atoms. The lowest BCUT2D eigenvalue weighted by atomic mass is 10.1. The molecule has 2 aromatic carbocycles. The summed E-state index contributed by atoms with van der Waals surface area (Å²) in [6.45, 7) is 6.70. The predicted molar refractivity (Wildman–Crippen MR) is 138 cm³/mol. The van der Waals surface area contributed by atoms with Crippen LogP contribution in [0.4, 0.5) is 0 Å². The summed E-state index contributed by atoms with van der Waals surface area (Å²) in [5.74, 6) is 1.82. The molecule has 0 saturated carbocycles. The van der Waals surface area contributed by atoms with Crippen LogP contribution in [0.1, 0.15) is 24.4 Å². The van der Waals surface area contributed by atoms with Gasteiger partial charge in [0.1, 0.15) is 5.75 Å². The average molecular weight is 485 g/mol. The van der Waals surface area contributed by atoms with Crippen molar-refractivity contribution in [3.63, 3.8) is 0 Å². The Labute approximate surface area is 209 Å². The van der Waals surface area contributed by atoms with E-state index in [0.29, 0.717) is 41.5 Å². The quantitative estimate of drug-likeness (QED) is 0.373. The molecule has 0 aliphatic carbocycles. The zero-order chi connectivity index (χ0) is 25.2. The number of piperidine rings is 1. The summed E-state index contributed by atoms with van der Waals surface area (Å²) in [5, 5.41) is 0. The summed E-state index contributed by atoms with van der Waals surface area (Å²) < 4.78 is 15.0. The van der Waals surface area contributed by atoms with Gasteiger partial charge in [0.05, 0.1) is 36.1 Å². The topological polar surface area (TPSA) is 78.6 Å². The Kier molecular flexibility index (Phi) is 6.33. The molecule has 0 unspecified atom stereocenters. The summed E-state index contributed by atoms with van der Waals surface area (Å²) in [4.78, 5) is 32.0. The van der Waals surface area contributed by atoms with Crippen LogP contribution in [0.3, 0.4) is 0 Å². The van der Waals surface area contributed by atoms with Crippen LogP contribution >= 0.6 is 0 Å². The number of fused-ring (bicyclic) bond motifs is 1. The monoisotopic (exact) mass is 484 g/mol. The number of nitrogens with zero attached hydrogens (tertiary/aromatic N) is 4. The van der Waals surface area contributed by atoms with Crippen LogP contribution in [0, 0.1) is 6.92 Å². The zero-order valence-electron chi connectivity index (χ0n) is 20.4. The van der Waals surface area contributed by atoms with E-state index in [2.05, 4.69) is 11.6 Å². The maximum atomic E-state index is 13.8. The highest BCUT2D eigenvalue weighted by Crippen LogP contribution is 2.34. The van der Waals surface area contributed by atoms with Crippen LogP contribution in [0.25, 0.3) is 16.7 Å². The van der Waals surface area contributed by atoms with Gasteiger partial charge in [-0.3, -0.25) is 18.9 Å². The predicted octanol–water partition coefficient (Wildman–Crippen LogP) is 4.65. The molecule has 0 spiro atoms. The van der Waals surface area contributed by atoms with Crippen molar-refractivity contribution in [3.8, 4) is 22.9 Å². The molecule has 8 heteroatoms. The number of carbonyl (C=O) groups excluding carboxylic acids is 1. The standard InChI is InChI=1S/C28H28N4O4/c1-4-26(33)30-16-6-8-21(18-30)32-23-14-15-29-17-24(23)31(28(32)34)20-10-12-22(13-11-20)36-25-9-5-7-19(2)27(25)35-3/h4-5,7,9-15,17,21H,1,6,8,16,18H2,2-3H3/t21-/m1/s1. The first-order valence-electron chi connectivity index (χ1n) is 11.9. The number of benzene rings is 2. The van der Waals surface area contributed by atoms with Gasteiger partial charge in [-0.15, -0.1) is 0 Å². The number of likely N-dealkylation sites (tertiary alicyclic amines) is 1. The molecule has 36 heavy (non-hydrogen) atoms. The highest BCUT2D eigenvalue weighted by Gasteiger charge is 2.27. The molecular weight excluding hydrogens is 456 g/mol. The Morgan fingerprint density at radius 2 is 1.94 bits per heavy atom. The lowest BCUT2D eigenvalue weighted by Crippen LogP contribution is -2.42. The Hall–Kier alpha value is -4.33. The number of aryl methyl sites for hydroxylation is 1. The number of rotatable bonds is 6. The Balaban J connectivity index is 1.51. The molecule has 1 atom stereocenters. The van der Waals surface area contributed by atoms with Gasteiger partial charge in [-0.05, 0) is 67.8 Å². The van der Waals surface area contributed by atoms with E-state index in [1.165, 1.54) is 6.08 Å². The van der Waals surface area contributed by atoms with Crippen LogP contribution in [0.2, 0.25) is 0 Å². The van der Waals surface area contributed by atoms with Gasteiger partial charge in [-0.1, -0.05) is 18.7 Å². The van der Waals surface area contributed by atoms with Crippen molar-refractivity contribution in [1.29, 1.82) is 0 Å². The van der Waals surface area contributed by atoms with Crippen LogP contribution in [-0.4, -0.2) is 45.1 Å². The van der Waals surface area contributed by atoms with Gasteiger partial charge in [0.15, 0.2) is 11.5 Å². The van der Waals surface area contributed by atoms with Crippen molar-refractivity contribution in [2.24, 2.45) is 0 Å². The molecule has 1 aliphatic rings. The molecule has 3 heterocycles. The van der Waals surface area contributed by atoms with E-state index in [1.54, 1.807) is 33.5 Å². The van der Waals surface area contributed by atoms with Gasteiger partial charge in [-0.25, -0.2) is 4.79 Å². The van der Waals surface area contributed by atoms with Gasteiger partial charge in [0, 0.05) is 19.3 Å². The molecule has 1 fully saturated rings. The summed E-state index contributed by atoms with van der Waals surface area (Å²) >= 11 is 0. The van der Waals surface area contributed by atoms with Crippen molar-refractivity contribution in [2.75, 3.05) is 20.2 Å². The fourth-order valence-corrected chi connectivity index (χ4v) is 4.92. The van der Waals surface area contributed by atoms with Gasteiger partial charge in [-0.2, -0.15) is 0 Å². The number of carbonyl (C=O) groups is 1. The number of para-hydroxylation sites is 1. The number of methoxy groups -OCH3 is 1. The number of amides is 1. The summed E-state index contributed by atoms with van der Waals surface area (Å²) in [6.07, 6.45) is 6.35. The van der Waals surface area contributed by atoms with Gasteiger partial charge >= 0.3 is 5.69 Å². The smallest absolute Gasteiger partial charge is 0.334 e. The first-order valence-corrected chi connectivity index (χ1v) is 11.9. The third kappa shape index (κ3) is 4.15. The highest BCUT2D eigenvalue weighted by molar-refractivity contribution is 5.87. The summed E-state index contributed by atoms with van der Waals surface area (Å²) in [6, 6.07) is 14.8. The fourth-order valence-electron chi connectivity index (χ4n) is 4.92. The van der Waals surface area contributed by atoms with Crippen LogP contribution in [0.15, 0.2) is 78.4 Å². The maximum absolute atomic E-state index is 13.8. The van der Waals surface area contributed by atoms with Crippen LogP contribution < -0.4 is 15.2 Å². The highest BCUT2D eigenvalue weighted by atomic mass is 16.5. The van der Waals surface area contributed by atoms with E-state index in [-0.39, 0.29) is 17.6 Å². The SMILES string of the molecule is C=CC(=O)N1CCC[C@@H](n2c(=O)n(-c3ccc(Oc4cccc(C)c4OC)cc3)c3cnccc32)C1. The fraction of sp³-hybridized carbons (Fsp3) is 0.250. The molecule has 1 saturated heterocycles. The largest absolute Gasteiger partial charge is 0.493 e. The van der Waals surface area contributed by atoms with E-state index < -0.39 is 0 Å². The second-order valence-corrected chi connectivity index (χ2v) is 8.84. The minimum absolute atomic E-state index is 0.112. The summed E-state index contributed by atoms with van der Waals surface area (Å²) in [5.41, 5.74) is 3.02. The number of aromatic nitrogens is 3. The molecule has 1 aliphatic heterocycles. The first kappa shape index (κ1) is 23.4. The van der Waals surface area contributed by atoms with Gasteiger partial charge in [0.25, 0.3) is 0 Å². The summed E-state index contributed by atoms with van der Waals surface area (Å²) in [7, 11) is 1.62. The molecule has 0 N–H and O–H groups in total. The molecule has 2 aromatic heterocycles. The number of hydrogen-bond donors (Lipinski definition) is 0.